The number of para-hydroxylation sites is 1. The number of halogens is 1. The zero-order valence-electron chi connectivity index (χ0n) is 13.3. The maximum absolute atomic E-state index is 12.2. The molecule has 0 fully saturated rings. The van der Waals surface area contributed by atoms with Gasteiger partial charge >= 0.3 is 5.97 Å². The number of terminal acetylenes is 1. The van der Waals surface area contributed by atoms with E-state index in [4.69, 9.17) is 27.5 Å². The van der Waals surface area contributed by atoms with Crippen LogP contribution in [0.3, 0.4) is 0 Å². The monoisotopic (exact) mass is 357 g/mol. The lowest BCUT2D eigenvalue weighted by molar-refractivity contribution is -0.123. The molecule has 0 radical (unpaired) electrons. The number of carbonyl (C=O) groups is 2. The van der Waals surface area contributed by atoms with Crippen LogP contribution in [0.25, 0.3) is 0 Å². The Morgan fingerprint density at radius 1 is 1.12 bits per heavy atom. The molecule has 2 aromatic rings. The predicted octanol–water partition coefficient (Wildman–Crippen LogP) is 2.83. The van der Waals surface area contributed by atoms with Gasteiger partial charge in [0.1, 0.15) is 17.9 Å². The average molecular weight is 358 g/mol. The Morgan fingerprint density at radius 2 is 1.84 bits per heavy atom. The number of esters is 1. The van der Waals surface area contributed by atoms with Gasteiger partial charge in [0.15, 0.2) is 6.61 Å². The molecule has 1 amide bonds. The highest BCUT2D eigenvalue weighted by atomic mass is 35.5. The van der Waals surface area contributed by atoms with Crippen molar-refractivity contribution in [3.05, 3.63) is 64.7 Å². The van der Waals surface area contributed by atoms with Crippen LogP contribution in [0.2, 0.25) is 5.02 Å². The zero-order chi connectivity index (χ0) is 18.1. The maximum Gasteiger partial charge on any atom is 0.342 e. The number of hydrogen-bond acceptors (Lipinski definition) is 4. The summed E-state index contributed by atoms with van der Waals surface area (Å²) in [5.74, 6) is 1.51. The first-order chi connectivity index (χ1) is 12.1. The number of nitrogens with one attached hydrogen (secondary N) is 1. The topological polar surface area (TPSA) is 64.6 Å². The SMILES string of the molecule is C#CCNC(=O)COC(=O)c1ccccc1OCc1ccc(Cl)cc1. The van der Waals surface area contributed by atoms with Crippen LogP contribution in [0, 0.1) is 12.3 Å². The van der Waals surface area contributed by atoms with E-state index in [9.17, 15) is 9.59 Å². The molecule has 0 saturated heterocycles. The molecule has 0 unspecified atom stereocenters. The molecular weight excluding hydrogens is 342 g/mol. The van der Waals surface area contributed by atoms with Crippen molar-refractivity contribution in [2.24, 2.45) is 0 Å². The molecule has 0 saturated carbocycles. The third-order valence-electron chi connectivity index (χ3n) is 3.14. The summed E-state index contributed by atoms with van der Waals surface area (Å²) < 4.78 is 10.7. The second-order valence-corrected chi connectivity index (χ2v) is 5.40. The fourth-order valence-corrected chi connectivity index (χ4v) is 2.04. The minimum atomic E-state index is -0.650. The number of ether oxygens (including phenoxy) is 2. The molecule has 0 bridgehead atoms. The highest BCUT2D eigenvalue weighted by Gasteiger charge is 2.15. The zero-order valence-corrected chi connectivity index (χ0v) is 14.1. The maximum atomic E-state index is 12.2. The van der Waals surface area contributed by atoms with E-state index in [2.05, 4.69) is 11.2 Å². The minimum Gasteiger partial charge on any atom is -0.488 e. The molecule has 128 valence electrons. The Balaban J connectivity index is 1.97. The van der Waals surface area contributed by atoms with Crippen molar-refractivity contribution in [2.75, 3.05) is 13.2 Å². The van der Waals surface area contributed by atoms with Crippen LogP contribution in [0.1, 0.15) is 15.9 Å². The van der Waals surface area contributed by atoms with Gasteiger partial charge in [-0.25, -0.2) is 4.79 Å². The molecular formula is C19H16ClNO4. The van der Waals surface area contributed by atoms with E-state index in [0.717, 1.165) is 5.56 Å². The molecule has 0 atom stereocenters. The first-order valence-electron chi connectivity index (χ1n) is 7.43. The lowest BCUT2D eigenvalue weighted by Gasteiger charge is -2.11. The normalized spacial score (nSPS) is 9.76. The molecule has 6 heteroatoms. The van der Waals surface area contributed by atoms with Crippen molar-refractivity contribution < 1.29 is 19.1 Å². The fraction of sp³-hybridized carbons (Fsp3) is 0.158. The van der Waals surface area contributed by atoms with Gasteiger partial charge in [-0.15, -0.1) is 6.42 Å². The number of benzene rings is 2. The van der Waals surface area contributed by atoms with Crippen LogP contribution in [0.5, 0.6) is 5.75 Å². The summed E-state index contributed by atoms with van der Waals surface area (Å²) in [7, 11) is 0. The Labute approximate surface area is 150 Å². The molecule has 0 aliphatic rings. The lowest BCUT2D eigenvalue weighted by atomic mass is 10.2. The number of carbonyl (C=O) groups excluding carboxylic acids is 2. The highest BCUT2D eigenvalue weighted by molar-refractivity contribution is 6.30. The number of rotatable bonds is 7. The Hall–Kier alpha value is -2.97. The van der Waals surface area contributed by atoms with Crippen LogP contribution >= 0.6 is 11.6 Å². The van der Waals surface area contributed by atoms with E-state index in [-0.39, 0.29) is 18.7 Å². The number of hydrogen-bond donors (Lipinski definition) is 1. The molecule has 0 spiro atoms. The molecule has 1 N–H and O–H groups in total. The van der Waals surface area contributed by atoms with Gasteiger partial charge in [0.2, 0.25) is 0 Å². The van der Waals surface area contributed by atoms with E-state index < -0.39 is 18.5 Å². The summed E-state index contributed by atoms with van der Waals surface area (Å²) in [5.41, 5.74) is 1.14. The van der Waals surface area contributed by atoms with Gasteiger partial charge in [-0.2, -0.15) is 0 Å². The van der Waals surface area contributed by atoms with E-state index in [0.29, 0.717) is 10.8 Å². The van der Waals surface area contributed by atoms with E-state index in [1.54, 1.807) is 36.4 Å². The standard InChI is InChI=1S/C19H16ClNO4/c1-2-11-21-18(22)13-25-19(23)16-5-3-4-6-17(16)24-12-14-7-9-15(20)10-8-14/h1,3-10H,11-13H2,(H,21,22). The summed E-state index contributed by atoms with van der Waals surface area (Å²) >= 11 is 5.84. The van der Waals surface area contributed by atoms with Gasteiger partial charge in [0, 0.05) is 5.02 Å². The summed E-state index contributed by atoms with van der Waals surface area (Å²) in [6.45, 7) is -0.0622. The summed E-state index contributed by atoms with van der Waals surface area (Å²) in [6.07, 6.45) is 5.04. The molecule has 5 nitrogen and oxygen atoms in total. The predicted molar refractivity (Wildman–Crippen MR) is 94.4 cm³/mol. The number of amides is 1. The molecule has 25 heavy (non-hydrogen) atoms. The van der Waals surface area contributed by atoms with Crippen molar-refractivity contribution in [2.45, 2.75) is 6.61 Å². The van der Waals surface area contributed by atoms with E-state index in [1.807, 2.05) is 12.1 Å². The molecule has 0 aliphatic heterocycles. The Morgan fingerprint density at radius 3 is 2.56 bits per heavy atom. The first-order valence-corrected chi connectivity index (χ1v) is 7.81. The van der Waals surface area contributed by atoms with Gasteiger partial charge in [-0.05, 0) is 29.8 Å². The van der Waals surface area contributed by atoms with E-state index >= 15 is 0 Å². The summed E-state index contributed by atoms with van der Waals surface area (Å²) in [4.78, 5) is 23.6. The van der Waals surface area contributed by atoms with Crippen LogP contribution in [-0.4, -0.2) is 25.0 Å². The molecule has 2 rings (SSSR count). The molecule has 0 aliphatic carbocycles. The molecule has 2 aromatic carbocycles. The largest absolute Gasteiger partial charge is 0.488 e. The van der Waals surface area contributed by atoms with Gasteiger partial charge in [0.05, 0.1) is 6.54 Å². The Kier molecular flexibility index (Phi) is 6.87. The quantitative estimate of drug-likeness (QED) is 0.611. The van der Waals surface area contributed by atoms with Crippen LogP contribution < -0.4 is 10.1 Å². The second kappa shape index (κ2) is 9.36. The summed E-state index contributed by atoms with van der Waals surface area (Å²) in [6, 6.07) is 13.8. The highest BCUT2D eigenvalue weighted by Crippen LogP contribution is 2.21. The van der Waals surface area contributed by atoms with Gasteiger partial charge in [0.25, 0.3) is 5.91 Å². The van der Waals surface area contributed by atoms with Crippen LogP contribution in [0.15, 0.2) is 48.5 Å². The lowest BCUT2D eigenvalue weighted by Crippen LogP contribution is -2.29. The Bertz CT molecular complexity index is 781. The molecule has 0 aromatic heterocycles. The van der Waals surface area contributed by atoms with E-state index in [1.165, 1.54) is 0 Å². The van der Waals surface area contributed by atoms with Gasteiger partial charge < -0.3 is 14.8 Å². The fourth-order valence-electron chi connectivity index (χ4n) is 1.91. The van der Waals surface area contributed by atoms with Gasteiger partial charge in [-0.1, -0.05) is 41.8 Å². The van der Waals surface area contributed by atoms with Crippen LogP contribution in [-0.2, 0) is 16.1 Å². The van der Waals surface area contributed by atoms with Crippen molar-refractivity contribution in [1.82, 2.24) is 5.32 Å². The first kappa shape index (κ1) is 18.4. The second-order valence-electron chi connectivity index (χ2n) is 4.97. The average Bonchev–Trinajstić information content (AvgIpc) is 2.64. The van der Waals surface area contributed by atoms with Crippen molar-refractivity contribution in [1.29, 1.82) is 0 Å². The molecule has 0 heterocycles. The summed E-state index contributed by atoms with van der Waals surface area (Å²) in [5, 5.41) is 3.05. The third kappa shape index (κ3) is 5.87. The van der Waals surface area contributed by atoms with Gasteiger partial charge in [-0.3, -0.25) is 4.79 Å². The minimum absolute atomic E-state index is 0.0805. The van der Waals surface area contributed by atoms with Crippen molar-refractivity contribution in [3.63, 3.8) is 0 Å². The third-order valence-corrected chi connectivity index (χ3v) is 3.39. The van der Waals surface area contributed by atoms with Crippen molar-refractivity contribution >= 4 is 23.5 Å². The van der Waals surface area contributed by atoms with Crippen molar-refractivity contribution in [3.8, 4) is 18.1 Å². The smallest absolute Gasteiger partial charge is 0.342 e. The van der Waals surface area contributed by atoms with Crippen LogP contribution in [0.4, 0.5) is 0 Å².